The lowest BCUT2D eigenvalue weighted by Crippen LogP contribution is -2.34. The topological polar surface area (TPSA) is 72.5 Å². The van der Waals surface area contributed by atoms with Gasteiger partial charge < -0.3 is 9.47 Å². The summed E-state index contributed by atoms with van der Waals surface area (Å²) in [6.45, 7) is 9.06. The number of carbonyl (C=O) groups excluding carboxylic acids is 1. The molecule has 0 spiro atoms. The third-order valence-corrected chi connectivity index (χ3v) is 4.79. The smallest absolute Gasteiger partial charge is 0.299 e. The Morgan fingerprint density at radius 3 is 2.65 bits per heavy atom. The first-order valence-electron chi connectivity index (χ1n) is 7.60. The van der Waals surface area contributed by atoms with Crippen LogP contribution in [-0.4, -0.2) is 43.1 Å². The molecule has 122 valence electrons. The average Bonchev–Trinajstić information content (AvgIpc) is 3.01. The van der Waals surface area contributed by atoms with Crippen LogP contribution in [0.3, 0.4) is 0 Å². The number of likely N-dealkylation sites (N-methyl/N-ethyl adjacent to an activating group) is 1. The summed E-state index contributed by atoms with van der Waals surface area (Å²) in [5.41, 5.74) is 1.67. The van der Waals surface area contributed by atoms with Crippen LogP contribution in [0.2, 0.25) is 0 Å². The minimum Gasteiger partial charge on any atom is -0.342 e. The number of fused-ring (bicyclic) bond motifs is 2. The Labute approximate surface area is 137 Å². The summed E-state index contributed by atoms with van der Waals surface area (Å²) in [5.74, 6) is -0.00504. The molecule has 0 radical (unpaired) electrons. The Kier molecular flexibility index (Phi) is 3.93. The maximum absolute atomic E-state index is 12.7. The number of hydrogen-bond donors (Lipinski definition) is 0. The monoisotopic (exact) mass is 333 g/mol. The van der Waals surface area contributed by atoms with Crippen LogP contribution in [0.25, 0.3) is 16.0 Å². The summed E-state index contributed by atoms with van der Waals surface area (Å²) in [4.78, 5) is 32.0. The van der Waals surface area contributed by atoms with Crippen molar-refractivity contribution in [2.45, 2.75) is 34.2 Å². The lowest BCUT2D eigenvalue weighted by molar-refractivity contribution is -0.131. The molecule has 3 rings (SSSR count). The van der Waals surface area contributed by atoms with Gasteiger partial charge in [0, 0.05) is 18.8 Å². The standard InChI is InChI=1S/C15H19N5O2S/c1-5-18(6-2)12(21)8-19-9(3)7-11-13(19)14(22)20-15(16-11)23-10(4)17-20/h7H,5-6,8H2,1-4H3. The average molecular weight is 333 g/mol. The van der Waals surface area contributed by atoms with Gasteiger partial charge in [-0.2, -0.15) is 9.61 Å². The molecule has 0 saturated heterocycles. The van der Waals surface area contributed by atoms with E-state index in [1.54, 1.807) is 9.47 Å². The molecule has 0 atom stereocenters. The molecule has 7 nitrogen and oxygen atoms in total. The zero-order valence-corrected chi connectivity index (χ0v) is 14.5. The second-order valence-corrected chi connectivity index (χ2v) is 6.56. The normalized spacial score (nSPS) is 11.5. The van der Waals surface area contributed by atoms with E-state index in [9.17, 15) is 9.59 Å². The fourth-order valence-corrected chi connectivity index (χ4v) is 3.51. The molecule has 0 saturated carbocycles. The molecular formula is C15H19N5O2S. The van der Waals surface area contributed by atoms with Gasteiger partial charge in [0.25, 0.3) is 5.56 Å². The number of nitrogens with zero attached hydrogens (tertiary/aromatic N) is 5. The Morgan fingerprint density at radius 2 is 2.00 bits per heavy atom. The zero-order valence-electron chi connectivity index (χ0n) is 13.7. The Balaban J connectivity index is 2.17. The Bertz CT molecular complexity index is 948. The number of aromatic nitrogens is 4. The molecule has 0 N–H and O–H groups in total. The molecule has 0 unspecified atom stereocenters. The van der Waals surface area contributed by atoms with Crippen LogP contribution in [0.4, 0.5) is 0 Å². The molecule has 3 aromatic heterocycles. The second kappa shape index (κ2) is 5.77. The van der Waals surface area contributed by atoms with E-state index in [1.165, 1.54) is 15.9 Å². The zero-order chi connectivity index (χ0) is 16.7. The molecule has 8 heteroatoms. The van der Waals surface area contributed by atoms with Crippen LogP contribution < -0.4 is 5.56 Å². The predicted molar refractivity (Wildman–Crippen MR) is 90.0 cm³/mol. The van der Waals surface area contributed by atoms with Crippen molar-refractivity contribution in [2.24, 2.45) is 0 Å². The number of amides is 1. The summed E-state index contributed by atoms with van der Waals surface area (Å²) in [6, 6.07) is 1.85. The van der Waals surface area contributed by atoms with Gasteiger partial charge in [-0.15, -0.1) is 0 Å². The first-order valence-corrected chi connectivity index (χ1v) is 8.42. The lowest BCUT2D eigenvalue weighted by atomic mass is 10.4. The molecule has 3 aromatic rings. The van der Waals surface area contributed by atoms with Crippen LogP contribution in [0.15, 0.2) is 10.9 Å². The summed E-state index contributed by atoms with van der Waals surface area (Å²) >= 11 is 1.38. The van der Waals surface area contributed by atoms with Gasteiger partial charge in [-0.1, -0.05) is 11.3 Å². The quantitative estimate of drug-likeness (QED) is 0.727. The summed E-state index contributed by atoms with van der Waals surface area (Å²) in [6.07, 6.45) is 0. The van der Waals surface area contributed by atoms with Crippen molar-refractivity contribution in [1.82, 2.24) is 24.1 Å². The van der Waals surface area contributed by atoms with Crippen LogP contribution in [-0.2, 0) is 11.3 Å². The van der Waals surface area contributed by atoms with E-state index in [2.05, 4.69) is 10.1 Å². The molecular weight excluding hydrogens is 314 g/mol. The molecule has 0 aliphatic heterocycles. The molecule has 23 heavy (non-hydrogen) atoms. The second-order valence-electron chi connectivity index (χ2n) is 5.40. The van der Waals surface area contributed by atoms with E-state index < -0.39 is 0 Å². The molecule has 0 aliphatic carbocycles. The largest absolute Gasteiger partial charge is 0.342 e. The Morgan fingerprint density at radius 1 is 1.30 bits per heavy atom. The highest BCUT2D eigenvalue weighted by atomic mass is 32.1. The van der Waals surface area contributed by atoms with Gasteiger partial charge in [-0.05, 0) is 33.8 Å². The van der Waals surface area contributed by atoms with Crippen molar-refractivity contribution >= 4 is 33.2 Å². The van der Waals surface area contributed by atoms with E-state index >= 15 is 0 Å². The highest BCUT2D eigenvalue weighted by Gasteiger charge is 2.18. The highest BCUT2D eigenvalue weighted by Crippen LogP contribution is 2.18. The third-order valence-electron chi connectivity index (χ3n) is 3.97. The number of rotatable bonds is 4. The maximum atomic E-state index is 12.7. The minimum absolute atomic E-state index is 0.00504. The van der Waals surface area contributed by atoms with E-state index in [0.717, 1.165) is 10.7 Å². The van der Waals surface area contributed by atoms with Crippen molar-refractivity contribution in [3.63, 3.8) is 0 Å². The van der Waals surface area contributed by atoms with Crippen LogP contribution >= 0.6 is 11.3 Å². The van der Waals surface area contributed by atoms with Gasteiger partial charge in [0.2, 0.25) is 10.9 Å². The first-order chi connectivity index (χ1) is 11.0. The van der Waals surface area contributed by atoms with Crippen LogP contribution in [0, 0.1) is 13.8 Å². The molecule has 3 heterocycles. The number of hydrogen-bond acceptors (Lipinski definition) is 5. The molecule has 0 bridgehead atoms. The van der Waals surface area contributed by atoms with Crippen molar-refractivity contribution in [1.29, 1.82) is 0 Å². The van der Waals surface area contributed by atoms with Gasteiger partial charge >= 0.3 is 0 Å². The van der Waals surface area contributed by atoms with Crippen molar-refractivity contribution in [3.8, 4) is 0 Å². The van der Waals surface area contributed by atoms with Crippen molar-refractivity contribution in [2.75, 3.05) is 13.1 Å². The predicted octanol–water partition coefficient (Wildman–Crippen LogP) is 1.59. The van der Waals surface area contributed by atoms with E-state index in [0.29, 0.717) is 29.1 Å². The summed E-state index contributed by atoms with van der Waals surface area (Å²) in [7, 11) is 0. The molecule has 0 aliphatic rings. The third kappa shape index (κ3) is 2.52. The maximum Gasteiger partial charge on any atom is 0.299 e. The lowest BCUT2D eigenvalue weighted by Gasteiger charge is -2.19. The molecule has 1 amide bonds. The number of carbonyl (C=O) groups is 1. The van der Waals surface area contributed by atoms with Crippen LogP contribution in [0.1, 0.15) is 24.5 Å². The fraction of sp³-hybridized carbons (Fsp3) is 0.467. The minimum atomic E-state index is -0.227. The van der Waals surface area contributed by atoms with Gasteiger partial charge in [0.05, 0.1) is 5.52 Å². The summed E-state index contributed by atoms with van der Waals surface area (Å²) in [5, 5.41) is 4.99. The fourth-order valence-electron chi connectivity index (χ4n) is 2.77. The Hall–Kier alpha value is -2.22. The van der Waals surface area contributed by atoms with Gasteiger partial charge in [-0.25, -0.2) is 4.98 Å². The van der Waals surface area contributed by atoms with Crippen molar-refractivity contribution in [3.05, 3.63) is 27.1 Å². The van der Waals surface area contributed by atoms with Gasteiger partial charge in [0.15, 0.2) is 0 Å². The molecule has 0 fully saturated rings. The van der Waals surface area contributed by atoms with Crippen LogP contribution in [0.5, 0.6) is 0 Å². The van der Waals surface area contributed by atoms with E-state index in [4.69, 9.17) is 0 Å². The van der Waals surface area contributed by atoms with Crippen molar-refractivity contribution < 1.29 is 4.79 Å². The highest BCUT2D eigenvalue weighted by molar-refractivity contribution is 7.16. The van der Waals surface area contributed by atoms with Gasteiger partial charge in [0.1, 0.15) is 17.1 Å². The molecule has 0 aromatic carbocycles. The van der Waals surface area contributed by atoms with E-state index in [1.807, 2.05) is 33.8 Å². The summed E-state index contributed by atoms with van der Waals surface area (Å²) < 4.78 is 3.06. The first kappa shape index (κ1) is 15.7. The number of aryl methyl sites for hydroxylation is 2. The SMILES string of the molecule is CCN(CC)C(=O)Cn1c(C)cc2nc3sc(C)nn3c(=O)c21. The van der Waals surface area contributed by atoms with Gasteiger partial charge in [-0.3, -0.25) is 9.59 Å². The van der Waals surface area contributed by atoms with E-state index in [-0.39, 0.29) is 18.0 Å².